The van der Waals surface area contributed by atoms with Gasteiger partial charge in [0.1, 0.15) is 5.38 Å². The van der Waals surface area contributed by atoms with E-state index in [-0.39, 0.29) is 16.0 Å². The summed E-state index contributed by atoms with van der Waals surface area (Å²) in [6.45, 7) is 1.55. The Kier molecular flexibility index (Phi) is 4.53. The van der Waals surface area contributed by atoms with Crippen LogP contribution >= 0.6 is 46.4 Å². The molecule has 2 nitrogen and oxygen atoms in total. The Balaban J connectivity index is 3.00. The van der Waals surface area contributed by atoms with Gasteiger partial charge in [0, 0.05) is 5.02 Å². The van der Waals surface area contributed by atoms with Crippen LogP contribution in [-0.4, -0.2) is 11.3 Å². The van der Waals surface area contributed by atoms with Crippen molar-refractivity contribution >= 4 is 58.0 Å². The molecular weight excluding hydrogens is 280 g/mol. The van der Waals surface area contributed by atoms with Crippen LogP contribution in [0.4, 0.5) is 5.69 Å². The van der Waals surface area contributed by atoms with Crippen molar-refractivity contribution in [2.24, 2.45) is 0 Å². The highest BCUT2D eigenvalue weighted by Gasteiger charge is 2.14. The molecule has 0 aliphatic rings. The molecule has 0 spiro atoms. The van der Waals surface area contributed by atoms with Gasteiger partial charge in [0.15, 0.2) is 0 Å². The molecule has 15 heavy (non-hydrogen) atoms. The summed E-state index contributed by atoms with van der Waals surface area (Å²) in [4.78, 5) is 11.3. The number of hydrogen-bond donors (Lipinski definition) is 1. The van der Waals surface area contributed by atoms with Crippen molar-refractivity contribution in [3.05, 3.63) is 27.2 Å². The van der Waals surface area contributed by atoms with Gasteiger partial charge in [-0.3, -0.25) is 4.79 Å². The predicted octanol–water partition coefficient (Wildman–Crippen LogP) is 4.21. The highest BCUT2D eigenvalue weighted by atomic mass is 35.5. The number of carbonyl (C=O) groups is 1. The van der Waals surface area contributed by atoms with Crippen molar-refractivity contribution in [1.29, 1.82) is 0 Å². The highest BCUT2D eigenvalue weighted by molar-refractivity contribution is 6.43. The van der Waals surface area contributed by atoms with Crippen LogP contribution in [0, 0.1) is 0 Å². The van der Waals surface area contributed by atoms with E-state index >= 15 is 0 Å². The van der Waals surface area contributed by atoms with Gasteiger partial charge in [0.05, 0.1) is 15.7 Å². The lowest BCUT2D eigenvalue weighted by atomic mass is 10.3. The first-order valence-corrected chi connectivity index (χ1v) is 5.58. The molecule has 1 amide bonds. The first kappa shape index (κ1) is 12.9. The van der Waals surface area contributed by atoms with Crippen LogP contribution in [0.5, 0.6) is 0 Å². The number of alkyl halides is 1. The molecule has 1 aromatic rings. The molecule has 0 saturated heterocycles. The van der Waals surface area contributed by atoms with Crippen molar-refractivity contribution in [1.82, 2.24) is 0 Å². The van der Waals surface area contributed by atoms with Gasteiger partial charge in [-0.1, -0.05) is 34.8 Å². The number of hydrogen-bond acceptors (Lipinski definition) is 1. The maximum absolute atomic E-state index is 11.3. The monoisotopic (exact) mass is 285 g/mol. The molecule has 0 unspecified atom stereocenters. The van der Waals surface area contributed by atoms with E-state index in [1.54, 1.807) is 6.92 Å². The summed E-state index contributed by atoms with van der Waals surface area (Å²) in [7, 11) is 0. The fraction of sp³-hybridized carbons (Fsp3) is 0.222. The Morgan fingerprint density at radius 1 is 1.27 bits per heavy atom. The minimum absolute atomic E-state index is 0.276. The largest absolute Gasteiger partial charge is 0.322 e. The molecule has 1 atom stereocenters. The van der Waals surface area contributed by atoms with Gasteiger partial charge in [-0.05, 0) is 19.1 Å². The minimum atomic E-state index is -0.659. The van der Waals surface area contributed by atoms with Crippen molar-refractivity contribution < 1.29 is 4.79 Å². The van der Waals surface area contributed by atoms with E-state index in [1.807, 2.05) is 0 Å². The SMILES string of the molecule is C[C@@H](Cl)C(=O)Nc1c(Cl)cc(Cl)cc1Cl. The fourth-order valence-corrected chi connectivity index (χ4v) is 1.85. The summed E-state index contributed by atoms with van der Waals surface area (Å²) < 4.78 is 0. The van der Waals surface area contributed by atoms with Gasteiger partial charge in [0.25, 0.3) is 0 Å². The van der Waals surface area contributed by atoms with Crippen LogP contribution in [0.2, 0.25) is 15.1 Å². The molecule has 6 heteroatoms. The third-order valence-corrected chi connectivity index (χ3v) is 2.63. The molecule has 1 aromatic carbocycles. The Morgan fingerprint density at radius 3 is 2.13 bits per heavy atom. The first-order chi connectivity index (χ1) is 6.91. The molecule has 0 bridgehead atoms. The molecular formula is C9H7Cl4NO. The lowest BCUT2D eigenvalue weighted by Crippen LogP contribution is -2.20. The van der Waals surface area contributed by atoms with Crippen molar-refractivity contribution in [3.63, 3.8) is 0 Å². The average molecular weight is 287 g/mol. The average Bonchev–Trinajstić information content (AvgIpc) is 2.10. The summed E-state index contributed by atoms with van der Waals surface area (Å²) in [6, 6.07) is 2.98. The van der Waals surface area contributed by atoms with E-state index in [2.05, 4.69) is 5.32 Å². The van der Waals surface area contributed by atoms with E-state index in [1.165, 1.54) is 12.1 Å². The van der Waals surface area contributed by atoms with Crippen LogP contribution in [0.3, 0.4) is 0 Å². The summed E-state index contributed by atoms with van der Waals surface area (Å²) in [6.07, 6.45) is 0. The highest BCUT2D eigenvalue weighted by Crippen LogP contribution is 2.33. The zero-order valence-corrected chi connectivity index (χ0v) is 10.7. The van der Waals surface area contributed by atoms with Gasteiger partial charge in [-0.25, -0.2) is 0 Å². The quantitative estimate of drug-likeness (QED) is 0.811. The van der Waals surface area contributed by atoms with Gasteiger partial charge in [-0.15, -0.1) is 11.6 Å². The lowest BCUT2D eigenvalue weighted by Gasteiger charge is -2.10. The fourth-order valence-electron chi connectivity index (χ4n) is 0.884. The van der Waals surface area contributed by atoms with E-state index in [0.717, 1.165) is 0 Å². The Labute approximate surface area is 107 Å². The van der Waals surface area contributed by atoms with Gasteiger partial charge in [-0.2, -0.15) is 0 Å². The molecule has 0 aromatic heterocycles. The lowest BCUT2D eigenvalue weighted by molar-refractivity contribution is -0.115. The van der Waals surface area contributed by atoms with Crippen molar-refractivity contribution in [2.45, 2.75) is 12.3 Å². The van der Waals surface area contributed by atoms with E-state index in [9.17, 15) is 4.79 Å². The van der Waals surface area contributed by atoms with Crippen LogP contribution in [-0.2, 0) is 4.79 Å². The number of halogens is 4. The molecule has 0 aliphatic carbocycles. The second-order valence-corrected chi connectivity index (χ2v) is 4.76. The molecule has 82 valence electrons. The Hall–Kier alpha value is -0.150. The molecule has 0 aliphatic heterocycles. The van der Waals surface area contributed by atoms with Crippen molar-refractivity contribution in [3.8, 4) is 0 Å². The third kappa shape index (κ3) is 3.42. The number of carbonyl (C=O) groups excluding carboxylic acids is 1. The molecule has 1 rings (SSSR count). The maximum Gasteiger partial charge on any atom is 0.242 e. The Morgan fingerprint density at radius 2 is 1.73 bits per heavy atom. The van der Waals surface area contributed by atoms with Crippen LogP contribution in [0.15, 0.2) is 12.1 Å². The normalized spacial score (nSPS) is 12.3. The summed E-state index contributed by atoms with van der Waals surface area (Å²) in [5.74, 6) is -0.372. The summed E-state index contributed by atoms with van der Waals surface area (Å²) in [5.41, 5.74) is 0.320. The molecule has 0 fully saturated rings. The predicted molar refractivity (Wildman–Crippen MR) is 65.4 cm³/mol. The van der Waals surface area contributed by atoms with E-state index in [0.29, 0.717) is 10.7 Å². The third-order valence-electron chi connectivity index (χ3n) is 1.62. The first-order valence-electron chi connectivity index (χ1n) is 4.01. The Bertz CT molecular complexity index is 369. The standard InChI is InChI=1S/C9H7Cl4NO/c1-4(10)9(15)14-8-6(12)2-5(11)3-7(8)13/h2-4H,1H3,(H,14,15)/t4-/m1/s1. The van der Waals surface area contributed by atoms with Gasteiger partial charge in [0.2, 0.25) is 5.91 Å². The molecule has 0 saturated carbocycles. The molecule has 1 N–H and O–H groups in total. The van der Waals surface area contributed by atoms with E-state index < -0.39 is 5.38 Å². The smallest absolute Gasteiger partial charge is 0.242 e. The number of rotatable bonds is 2. The van der Waals surface area contributed by atoms with Crippen LogP contribution in [0.1, 0.15) is 6.92 Å². The summed E-state index contributed by atoms with van der Waals surface area (Å²) >= 11 is 23.0. The number of benzene rings is 1. The number of amides is 1. The topological polar surface area (TPSA) is 29.1 Å². The molecule has 0 radical (unpaired) electrons. The van der Waals surface area contributed by atoms with Crippen LogP contribution in [0.25, 0.3) is 0 Å². The summed E-state index contributed by atoms with van der Waals surface area (Å²) in [5, 5.41) is 2.81. The van der Waals surface area contributed by atoms with Crippen molar-refractivity contribution in [2.75, 3.05) is 5.32 Å². The number of anilines is 1. The number of nitrogens with one attached hydrogen (secondary N) is 1. The zero-order valence-electron chi connectivity index (χ0n) is 7.65. The second-order valence-electron chi connectivity index (χ2n) is 2.85. The zero-order chi connectivity index (χ0) is 11.6. The van der Waals surface area contributed by atoms with E-state index in [4.69, 9.17) is 46.4 Å². The second kappa shape index (κ2) is 5.26. The van der Waals surface area contributed by atoms with Crippen LogP contribution < -0.4 is 5.32 Å². The van der Waals surface area contributed by atoms with Gasteiger partial charge >= 0.3 is 0 Å². The minimum Gasteiger partial charge on any atom is -0.322 e. The van der Waals surface area contributed by atoms with Gasteiger partial charge < -0.3 is 5.32 Å². The molecule has 0 heterocycles. The maximum atomic E-state index is 11.3.